The second-order valence-electron chi connectivity index (χ2n) is 5.81. The van der Waals surface area contributed by atoms with Crippen molar-refractivity contribution < 1.29 is 12.8 Å². The van der Waals surface area contributed by atoms with Gasteiger partial charge in [-0.1, -0.05) is 24.3 Å². The first-order chi connectivity index (χ1) is 11.6. The molecule has 0 spiro atoms. The second kappa shape index (κ2) is 5.59. The van der Waals surface area contributed by atoms with Crippen LogP contribution in [-0.2, 0) is 10.0 Å². The summed E-state index contributed by atoms with van der Waals surface area (Å²) in [6.07, 6.45) is 0. The number of fused-ring (bicyclic) bond motifs is 1. The zero-order valence-electron chi connectivity index (χ0n) is 12.9. The average molecular weight is 345 g/mol. The van der Waals surface area contributed by atoms with E-state index in [0.717, 1.165) is 0 Å². The summed E-state index contributed by atoms with van der Waals surface area (Å²) in [6, 6.07) is 13.6. The predicted octanol–water partition coefficient (Wildman–Crippen LogP) is 2.10. The van der Waals surface area contributed by atoms with Gasteiger partial charge in [-0.2, -0.15) is 8.42 Å². The van der Waals surface area contributed by atoms with Crippen LogP contribution in [0.3, 0.4) is 0 Å². The van der Waals surface area contributed by atoms with Gasteiger partial charge >= 0.3 is 0 Å². The molecular weight excluding hydrogens is 329 g/mol. The van der Waals surface area contributed by atoms with Crippen LogP contribution in [0.5, 0.6) is 0 Å². The van der Waals surface area contributed by atoms with Gasteiger partial charge in [0.25, 0.3) is 10.0 Å². The molecule has 0 aliphatic carbocycles. The highest BCUT2D eigenvalue weighted by molar-refractivity contribution is 7.90. The molecule has 124 valence electrons. The molecule has 2 aliphatic rings. The molecule has 0 N–H and O–H groups in total. The van der Waals surface area contributed by atoms with Crippen molar-refractivity contribution in [1.29, 1.82) is 0 Å². The summed E-state index contributed by atoms with van der Waals surface area (Å²) in [4.78, 5) is 4.19. The van der Waals surface area contributed by atoms with Gasteiger partial charge < -0.3 is 9.80 Å². The van der Waals surface area contributed by atoms with Crippen molar-refractivity contribution in [3.63, 3.8) is 0 Å². The fourth-order valence-electron chi connectivity index (χ4n) is 3.18. The normalized spacial score (nSPS) is 19.1. The lowest BCUT2D eigenvalue weighted by molar-refractivity contribution is 0.385. The van der Waals surface area contributed by atoms with E-state index in [-0.39, 0.29) is 10.7 Å². The standard InChI is InChI=1S/C17H16FN3O2S/c18-14-6-2-3-7-15(14)20-9-11-21(12-10-20)17-13-5-1-4-8-16(13)24(22,23)19-17/h1-8H,9-12H2. The molecule has 7 heteroatoms. The van der Waals surface area contributed by atoms with E-state index in [0.29, 0.717) is 43.3 Å². The molecule has 1 fully saturated rings. The summed E-state index contributed by atoms with van der Waals surface area (Å²) in [5.74, 6) is 0.260. The van der Waals surface area contributed by atoms with E-state index in [1.54, 1.807) is 30.3 Å². The van der Waals surface area contributed by atoms with Crippen LogP contribution in [0.2, 0.25) is 0 Å². The van der Waals surface area contributed by atoms with E-state index in [4.69, 9.17) is 0 Å². The van der Waals surface area contributed by atoms with E-state index >= 15 is 0 Å². The highest BCUT2D eigenvalue weighted by atomic mass is 32.2. The van der Waals surface area contributed by atoms with Gasteiger partial charge in [0, 0.05) is 31.7 Å². The maximum absolute atomic E-state index is 13.9. The molecule has 0 aromatic heterocycles. The second-order valence-corrected chi connectivity index (χ2v) is 7.38. The highest BCUT2D eigenvalue weighted by Crippen LogP contribution is 2.28. The smallest absolute Gasteiger partial charge is 0.285 e. The van der Waals surface area contributed by atoms with Crippen molar-refractivity contribution in [3.8, 4) is 0 Å². The first-order valence-corrected chi connectivity index (χ1v) is 9.19. The third-order valence-electron chi connectivity index (χ3n) is 4.38. The Hall–Kier alpha value is -2.41. The molecule has 4 rings (SSSR count). The average Bonchev–Trinajstić information content (AvgIpc) is 2.88. The molecule has 0 amide bonds. The Kier molecular flexibility index (Phi) is 3.53. The Bertz CT molecular complexity index is 919. The Morgan fingerprint density at radius 1 is 0.875 bits per heavy atom. The van der Waals surface area contributed by atoms with Gasteiger partial charge in [0.05, 0.1) is 5.69 Å². The summed E-state index contributed by atoms with van der Waals surface area (Å²) in [5.41, 5.74) is 1.23. The Labute approximate surface area is 140 Å². The number of para-hydroxylation sites is 1. The van der Waals surface area contributed by atoms with Gasteiger partial charge in [0.1, 0.15) is 10.7 Å². The van der Waals surface area contributed by atoms with Crippen LogP contribution in [0.1, 0.15) is 5.56 Å². The fraction of sp³-hybridized carbons (Fsp3) is 0.235. The minimum atomic E-state index is -3.60. The zero-order chi connectivity index (χ0) is 16.7. The van der Waals surface area contributed by atoms with E-state index < -0.39 is 10.0 Å². The number of hydrogen-bond donors (Lipinski definition) is 0. The van der Waals surface area contributed by atoms with Crippen molar-refractivity contribution in [2.75, 3.05) is 31.1 Å². The molecule has 2 heterocycles. The third kappa shape index (κ3) is 2.45. The number of piperazine rings is 1. The van der Waals surface area contributed by atoms with Crippen LogP contribution in [0.25, 0.3) is 0 Å². The van der Waals surface area contributed by atoms with Gasteiger partial charge in [-0.05, 0) is 24.3 Å². The highest BCUT2D eigenvalue weighted by Gasteiger charge is 2.33. The largest absolute Gasteiger partial charge is 0.366 e. The number of rotatable bonds is 1. The Morgan fingerprint density at radius 3 is 2.25 bits per heavy atom. The molecule has 0 saturated carbocycles. The fourth-order valence-corrected chi connectivity index (χ4v) is 4.41. The summed E-state index contributed by atoms with van der Waals surface area (Å²) in [5, 5.41) is 0. The Morgan fingerprint density at radius 2 is 1.50 bits per heavy atom. The van der Waals surface area contributed by atoms with Crippen molar-refractivity contribution in [3.05, 3.63) is 59.9 Å². The number of sulfonamides is 1. The van der Waals surface area contributed by atoms with Crippen molar-refractivity contribution in [1.82, 2.24) is 4.90 Å². The number of benzene rings is 2. The summed E-state index contributed by atoms with van der Waals surface area (Å²) < 4.78 is 42.2. The molecule has 2 aromatic rings. The molecular formula is C17H16FN3O2S. The molecule has 0 bridgehead atoms. The maximum Gasteiger partial charge on any atom is 0.285 e. The van der Waals surface area contributed by atoms with E-state index in [1.165, 1.54) is 6.07 Å². The van der Waals surface area contributed by atoms with Gasteiger partial charge in [0.15, 0.2) is 5.84 Å². The molecule has 0 radical (unpaired) electrons. The Balaban J connectivity index is 1.56. The minimum absolute atomic E-state index is 0.239. The minimum Gasteiger partial charge on any atom is -0.366 e. The van der Waals surface area contributed by atoms with Crippen LogP contribution in [0, 0.1) is 5.82 Å². The monoisotopic (exact) mass is 345 g/mol. The lowest BCUT2D eigenvalue weighted by atomic mass is 10.1. The van der Waals surface area contributed by atoms with E-state index in [2.05, 4.69) is 4.40 Å². The molecule has 24 heavy (non-hydrogen) atoms. The molecule has 1 saturated heterocycles. The first-order valence-electron chi connectivity index (χ1n) is 7.75. The van der Waals surface area contributed by atoms with Crippen LogP contribution >= 0.6 is 0 Å². The number of hydrogen-bond acceptors (Lipinski definition) is 4. The van der Waals surface area contributed by atoms with Crippen molar-refractivity contribution >= 4 is 21.5 Å². The molecule has 0 unspecified atom stereocenters. The number of anilines is 1. The van der Waals surface area contributed by atoms with Gasteiger partial charge in [-0.25, -0.2) is 4.39 Å². The summed E-state index contributed by atoms with van der Waals surface area (Å²) in [6.45, 7) is 2.42. The van der Waals surface area contributed by atoms with Crippen LogP contribution < -0.4 is 4.90 Å². The first kappa shape index (κ1) is 15.1. The molecule has 5 nitrogen and oxygen atoms in total. The predicted molar refractivity (Wildman–Crippen MR) is 90.4 cm³/mol. The molecule has 2 aromatic carbocycles. The van der Waals surface area contributed by atoms with Gasteiger partial charge in [0.2, 0.25) is 0 Å². The zero-order valence-corrected chi connectivity index (χ0v) is 13.7. The lowest BCUT2D eigenvalue weighted by Gasteiger charge is -2.37. The van der Waals surface area contributed by atoms with E-state index in [9.17, 15) is 12.8 Å². The molecule has 2 aliphatic heterocycles. The lowest BCUT2D eigenvalue weighted by Crippen LogP contribution is -2.49. The van der Waals surface area contributed by atoms with E-state index in [1.807, 2.05) is 21.9 Å². The van der Waals surface area contributed by atoms with Crippen LogP contribution in [0.4, 0.5) is 10.1 Å². The number of halogens is 1. The van der Waals surface area contributed by atoms with Gasteiger partial charge in [-0.15, -0.1) is 4.40 Å². The third-order valence-corrected chi connectivity index (χ3v) is 5.71. The van der Waals surface area contributed by atoms with Gasteiger partial charge in [-0.3, -0.25) is 0 Å². The molecule has 0 atom stereocenters. The summed E-state index contributed by atoms with van der Waals surface area (Å²) in [7, 11) is -3.60. The number of amidine groups is 1. The summed E-state index contributed by atoms with van der Waals surface area (Å²) >= 11 is 0. The van der Waals surface area contributed by atoms with Crippen LogP contribution in [0.15, 0.2) is 57.8 Å². The SMILES string of the molecule is O=S1(=O)N=C(N2CCN(c3ccccc3F)CC2)c2ccccc21. The maximum atomic E-state index is 13.9. The van der Waals surface area contributed by atoms with Crippen LogP contribution in [-0.4, -0.2) is 45.3 Å². The number of nitrogens with zero attached hydrogens (tertiary/aromatic N) is 3. The van der Waals surface area contributed by atoms with Crippen molar-refractivity contribution in [2.45, 2.75) is 4.90 Å². The quantitative estimate of drug-likeness (QED) is 0.794. The van der Waals surface area contributed by atoms with Crippen molar-refractivity contribution in [2.24, 2.45) is 4.40 Å². The topological polar surface area (TPSA) is 53.0 Å².